The van der Waals surface area contributed by atoms with Crippen LogP contribution >= 0.6 is 0 Å². The highest BCUT2D eigenvalue weighted by Crippen LogP contribution is 2.01. The number of carbonyl (C=O) groups is 2. The number of nitrogens with zero attached hydrogens (tertiary/aromatic N) is 1. The highest BCUT2D eigenvalue weighted by atomic mass is 16.4. The van der Waals surface area contributed by atoms with Crippen molar-refractivity contribution in [2.24, 2.45) is 5.92 Å². The van der Waals surface area contributed by atoms with Crippen molar-refractivity contribution in [2.75, 3.05) is 6.54 Å². The molecule has 0 saturated heterocycles. The number of hydrogen-bond donors (Lipinski definition) is 2. The van der Waals surface area contributed by atoms with E-state index in [1.807, 2.05) is 0 Å². The number of amides is 1. The van der Waals surface area contributed by atoms with Gasteiger partial charge < -0.3 is 10.4 Å². The number of carboxylic acid groups (broad SMARTS) is 1. The molecule has 0 aliphatic carbocycles. The fraction of sp³-hybridized carbons (Fsp3) is 0.417. The van der Waals surface area contributed by atoms with Crippen LogP contribution in [0.1, 0.15) is 18.9 Å². The summed E-state index contributed by atoms with van der Waals surface area (Å²) in [7, 11) is 0. The molecular formula is C12H16N2O3. The first kappa shape index (κ1) is 13.2. The maximum absolute atomic E-state index is 11.5. The average Bonchev–Trinajstić information content (AvgIpc) is 2.27. The van der Waals surface area contributed by atoms with Crippen molar-refractivity contribution in [1.29, 1.82) is 0 Å². The number of aliphatic carboxylic acids is 1. The zero-order valence-electron chi connectivity index (χ0n) is 9.72. The molecule has 0 aliphatic heterocycles. The minimum atomic E-state index is -0.846. The Morgan fingerprint density at radius 3 is 2.65 bits per heavy atom. The highest BCUT2D eigenvalue weighted by Gasteiger charge is 2.09. The van der Waals surface area contributed by atoms with Crippen molar-refractivity contribution in [3.63, 3.8) is 0 Å². The van der Waals surface area contributed by atoms with E-state index < -0.39 is 5.97 Å². The van der Waals surface area contributed by atoms with Gasteiger partial charge in [0, 0.05) is 25.4 Å². The number of aromatic nitrogens is 1. The molecule has 0 aromatic carbocycles. The molecule has 17 heavy (non-hydrogen) atoms. The number of carboxylic acids is 1. The monoisotopic (exact) mass is 236 g/mol. The van der Waals surface area contributed by atoms with E-state index in [2.05, 4.69) is 10.3 Å². The summed E-state index contributed by atoms with van der Waals surface area (Å²) >= 11 is 0. The second-order valence-electron chi connectivity index (χ2n) is 4.04. The van der Waals surface area contributed by atoms with E-state index >= 15 is 0 Å². The first-order chi connectivity index (χ1) is 8.08. The average molecular weight is 236 g/mol. The first-order valence-corrected chi connectivity index (χ1v) is 5.45. The van der Waals surface area contributed by atoms with Crippen molar-refractivity contribution >= 4 is 11.9 Å². The molecule has 1 amide bonds. The zero-order valence-corrected chi connectivity index (χ0v) is 9.72. The maximum atomic E-state index is 11.5. The Kier molecular flexibility index (Phi) is 5.13. The molecule has 1 rings (SSSR count). The predicted molar refractivity (Wildman–Crippen MR) is 62.4 cm³/mol. The Balaban J connectivity index is 2.28. The summed E-state index contributed by atoms with van der Waals surface area (Å²) in [5, 5.41) is 11.3. The van der Waals surface area contributed by atoms with Gasteiger partial charge in [0.05, 0.1) is 6.42 Å². The zero-order chi connectivity index (χ0) is 12.7. The third-order valence-electron chi connectivity index (χ3n) is 2.28. The molecule has 0 saturated carbocycles. The Hall–Kier alpha value is -1.91. The number of carbonyl (C=O) groups excluding carboxylic acids is 1. The molecule has 0 aliphatic rings. The van der Waals surface area contributed by atoms with Gasteiger partial charge >= 0.3 is 5.97 Å². The van der Waals surface area contributed by atoms with Crippen LogP contribution < -0.4 is 5.32 Å². The largest absolute Gasteiger partial charge is 0.481 e. The molecule has 1 aromatic rings. The second-order valence-corrected chi connectivity index (χ2v) is 4.04. The molecule has 1 aromatic heterocycles. The molecule has 2 N–H and O–H groups in total. The van der Waals surface area contributed by atoms with Crippen LogP contribution in [0.4, 0.5) is 0 Å². The molecule has 0 fully saturated rings. The molecule has 0 spiro atoms. The lowest BCUT2D eigenvalue weighted by molar-refractivity contribution is -0.138. The van der Waals surface area contributed by atoms with Gasteiger partial charge in [-0.2, -0.15) is 0 Å². The minimum absolute atomic E-state index is 0.0612. The lowest BCUT2D eigenvalue weighted by Crippen LogP contribution is -2.30. The van der Waals surface area contributed by atoms with Crippen LogP contribution in [0.2, 0.25) is 0 Å². The van der Waals surface area contributed by atoms with Gasteiger partial charge in [-0.3, -0.25) is 14.6 Å². The normalized spacial score (nSPS) is 11.8. The molecular weight excluding hydrogens is 220 g/mol. The Morgan fingerprint density at radius 1 is 1.41 bits per heavy atom. The SMILES string of the molecule is CC(CNC(=O)Cc1ccncc1)CC(=O)O. The summed E-state index contributed by atoms with van der Waals surface area (Å²) < 4.78 is 0. The van der Waals surface area contributed by atoms with E-state index in [-0.39, 0.29) is 18.2 Å². The van der Waals surface area contributed by atoms with Crippen molar-refractivity contribution in [3.05, 3.63) is 30.1 Å². The van der Waals surface area contributed by atoms with E-state index in [9.17, 15) is 9.59 Å². The van der Waals surface area contributed by atoms with Gasteiger partial charge in [-0.25, -0.2) is 0 Å². The lowest BCUT2D eigenvalue weighted by Gasteiger charge is -2.10. The minimum Gasteiger partial charge on any atom is -0.481 e. The molecule has 1 unspecified atom stereocenters. The van der Waals surface area contributed by atoms with Crippen LogP contribution in [0.3, 0.4) is 0 Å². The van der Waals surface area contributed by atoms with Crippen molar-refractivity contribution in [1.82, 2.24) is 10.3 Å². The fourth-order valence-corrected chi connectivity index (χ4v) is 1.41. The summed E-state index contributed by atoms with van der Waals surface area (Å²) in [5.74, 6) is -1.01. The van der Waals surface area contributed by atoms with Crippen LogP contribution in [0.5, 0.6) is 0 Å². The molecule has 0 bridgehead atoms. The van der Waals surface area contributed by atoms with E-state index in [4.69, 9.17) is 5.11 Å². The summed E-state index contributed by atoms with van der Waals surface area (Å²) in [6.45, 7) is 2.18. The standard InChI is InChI=1S/C12H16N2O3/c1-9(6-12(16)17)8-14-11(15)7-10-2-4-13-5-3-10/h2-5,9H,6-8H2,1H3,(H,14,15)(H,16,17). The Bertz CT molecular complexity index is 379. The van der Waals surface area contributed by atoms with Crippen LogP contribution in [0.15, 0.2) is 24.5 Å². The fourth-order valence-electron chi connectivity index (χ4n) is 1.41. The van der Waals surface area contributed by atoms with E-state index in [1.165, 1.54) is 0 Å². The number of pyridine rings is 1. The number of nitrogens with one attached hydrogen (secondary N) is 1. The van der Waals surface area contributed by atoms with Crippen molar-refractivity contribution in [3.8, 4) is 0 Å². The molecule has 1 atom stereocenters. The molecule has 5 heteroatoms. The van der Waals surface area contributed by atoms with Gasteiger partial charge in [0.15, 0.2) is 0 Å². The second kappa shape index (κ2) is 6.62. The van der Waals surface area contributed by atoms with Crippen molar-refractivity contribution < 1.29 is 14.7 Å². The third-order valence-corrected chi connectivity index (χ3v) is 2.28. The summed E-state index contributed by atoms with van der Waals surface area (Å²) in [6, 6.07) is 3.56. The van der Waals surface area contributed by atoms with Gasteiger partial charge in [0.2, 0.25) is 5.91 Å². The first-order valence-electron chi connectivity index (χ1n) is 5.45. The predicted octanol–water partition coefficient (Wildman–Crippen LogP) is 0.851. The van der Waals surface area contributed by atoms with E-state index in [1.54, 1.807) is 31.5 Å². The van der Waals surface area contributed by atoms with Crippen molar-refractivity contribution in [2.45, 2.75) is 19.8 Å². The Labute approximate surface area is 99.9 Å². The summed E-state index contributed by atoms with van der Waals surface area (Å²) in [5.41, 5.74) is 0.892. The molecule has 0 radical (unpaired) electrons. The topological polar surface area (TPSA) is 79.3 Å². The molecule has 92 valence electrons. The van der Waals surface area contributed by atoms with Gasteiger partial charge in [0.1, 0.15) is 0 Å². The summed E-state index contributed by atoms with van der Waals surface area (Å²) in [6.07, 6.45) is 3.63. The third kappa shape index (κ3) is 5.65. The maximum Gasteiger partial charge on any atom is 0.303 e. The molecule has 1 heterocycles. The molecule has 5 nitrogen and oxygen atoms in total. The number of rotatable bonds is 6. The van der Waals surface area contributed by atoms with Crippen LogP contribution in [-0.4, -0.2) is 28.5 Å². The van der Waals surface area contributed by atoms with Gasteiger partial charge in [-0.15, -0.1) is 0 Å². The smallest absolute Gasteiger partial charge is 0.303 e. The quantitative estimate of drug-likeness (QED) is 0.767. The lowest BCUT2D eigenvalue weighted by atomic mass is 10.1. The number of hydrogen-bond acceptors (Lipinski definition) is 3. The van der Waals surface area contributed by atoms with Crippen LogP contribution in [-0.2, 0) is 16.0 Å². The van der Waals surface area contributed by atoms with Gasteiger partial charge in [-0.05, 0) is 23.6 Å². The van der Waals surface area contributed by atoms with Gasteiger partial charge in [0.25, 0.3) is 0 Å². The van der Waals surface area contributed by atoms with E-state index in [0.717, 1.165) is 5.56 Å². The van der Waals surface area contributed by atoms with E-state index in [0.29, 0.717) is 13.0 Å². The van der Waals surface area contributed by atoms with Crippen LogP contribution in [0, 0.1) is 5.92 Å². The van der Waals surface area contributed by atoms with Crippen LogP contribution in [0.25, 0.3) is 0 Å². The Morgan fingerprint density at radius 2 is 2.06 bits per heavy atom. The highest BCUT2D eigenvalue weighted by molar-refractivity contribution is 5.78. The summed E-state index contributed by atoms with van der Waals surface area (Å²) in [4.78, 5) is 25.8. The van der Waals surface area contributed by atoms with Gasteiger partial charge in [-0.1, -0.05) is 6.92 Å².